The Morgan fingerprint density at radius 3 is 2.51 bits per heavy atom. The molecule has 0 aromatic heterocycles. The van der Waals surface area contributed by atoms with Gasteiger partial charge in [0.1, 0.15) is 24.7 Å². The molecule has 35 heavy (non-hydrogen) atoms. The number of Topliss-reactive ketones (excluding diaryl/α,β-unsaturated/α-hetero) is 1. The minimum atomic E-state index is -1.04. The van der Waals surface area contributed by atoms with Crippen molar-refractivity contribution in [1.82, 2.24) is 4.90 Å². The maximum Gasteiger partial charge on any atom is 0.295 e. The molecule has 8 nitrogen and oxygen atoms in total. The quantitative estimate of drug-likeness (QED) is 0.335. The number of halogens is 1. The summed E-state index contributed by atoms with van der Waals surface area (Å²) in [7, 11) is 2.94. The fourth-order valence-electron chi connectivity index (χ4n) is 4.68. The second-order valence-corrected chi connectivity index (χ2v) is 8.55. The van der Waals surface area contributed by atoms with Crippen LogP contribution in [-0.4, -0.2) is 75.3 Å². The number of nitrogens with zero attached hydrogens (tertiary/aromatic N) is 1. The van der Waals surface area contributed by atoms with Crippen molar-refractivity contribution in [3.63, 3.8) is 0 Å². The van der Waals surface area contributed by atoms with E-state index < -0.39 is 23.5 Å². The molecule has 0 spiro atoms. The van der Waals surface area contributed by atoms with E-state index in [-0.39, 0.29) is 29.0 Å². The molecule has 186 valence electrons. The largest absolute Gasteiger partial charge is 0.507 e. The number of likely N-dealkylation sites (tertiary alicyclic amines) is 1. The van der Waals surface area contributed by atoms with Crippen LogP contribution in [0.25, 0.3) is 5.76 Å². The molecule has 2 heterocycles. The van der Waals surface area contributed by atoms with E-state index in [1.807, 2.05) is 0 Å². The number of aliphatic hydroxyl groups excluding tert-OH is 1. The molecular formula is C26H30FN2O6+. The molecule has 0 bridgehead atoms. The van der Waals surface area contributed by atoms with E-state index in [2.05, 4.69) is 0 Å². The zero-order valence-corrected chi connectivity index (χ0v) is 19.9. The van der Waals surface area contributed by atoms with Crippen LogP contribution in [0, 0.1) is 5.82 Å². The summed E-state index contributed by atoms with van der Waals surface area (Å²) < 4.78 is 30.9. The normalized spacial score (nSPS) is 20.3. The van der Waals surface area contributed by atoms with Gasteiger partial charge in [0.25, 0.3) is 11.7 Å². The number of ether oxygens (including phenoxy) is 3. The summed E-state index contributed by atoms with van der Waals surface area (Å²) in [5.41, 5.74) is 0.276. The lowest BCUT2D eigenvalue weighted by Crippen LogP contribution is -3.14. The number of nitrogens with one attached hydrogen (secondary N) is 1. The zero-order chi connectivity index (χ0) is 24.9. The molecule has 1 amide bonds. The summed E-state index contributed by atoms with van der Waals surface area (Å²) in [6, 6.07) is 9.63. The van der Waals surface area contributed by atoms with Gasteiger partial charge in [-0.15, -0.1) is 0 Å². The van der Waals surface area contributed by atoms with Gasteiger partial charge in [0, 0.05) is 24.1 Å². The number of benzene rings is 2. The molecule has 2 aromatic rings. The van der Waals surface area contributed by atoms with E-state index in [0.717, 1.165) is 19.6 Å². The van der Waals surface area contributed by atoms with E-state index in [9.17, 15) is 19.1 Å². The maximum atomic E-state index is 14.9. The number of carbonyl (C=O) groups excluding carboxylic acids is 2. The lowest BCUT2D eigenvalue weighted by Gasteiger charge is -2.27. The number of methoxy groups -OCH3 is 2. The third-order valence-electron chi connectivity index (χ3n) is 6.53. The fraction of sp³-hybridized carbons (Fsp3) is 0.385. The topological polar surface area (TPSA) is 89.7 Å². The van der Waals surface area contributed by atoms with Gasteiger partial charge < -0.3 is 29.1 Å². The van der Waals surface area contributed by atoms with Crippen LogP contribution in [0.3, 0.4) is 0 Å². The predicted molar refractivity (Wildman–Crippen MR) is 126 cm³/mol. The monoisotopic (exact) mass is 485 g/mol. The van der Waals surface area contributed by atoms with Gasteiger partial charge in [0.05, 0.1) is 45.6 Å². The highest BCUT2D eigenvalue weighted by Gasteiger charge is 2.46. The molecule has 0 unspecified atom stereocenters. The number of rotatable bonds is 8. The van der Waals surface area contributed by atoms with Crippen molar-refractivity contribution < 1.29 is 38.2 Å². The van der Waals surface area contributed by atoms with E-state index >= 15 is 0 Å². The van der Waals surface area contributed by atoms with Gasteiger partial charge in [-0.05, 0) is 24.3 Å². The number of aliphatic hydroxyl groups is 1. The van der Waals surface area contributed by atoms with Crippen LogP contribution in [0.1, 0.15) is 23.6 Å². The average Bonchev–Trinajstić information content (AvgIpc) is 3.13. The van der Waals surface area contributed by atoms with Gasteiger partial charge >= 0.3 is 0 Å². The summed E-state index contributed by atoms with van der Waals surface area (Å²) in [6.07, 6.45) is 0.629. The molecule has 1 atom stereocenters. The lowest BCUT2D eigenvalue weighted by molar-refractivity contribution is -0.908. The highest BCUT2D eigenvalue weighted by molar-refractivity contribution is 6.46. The maximum absolute atomic E-state index is 14.9. The number of hydrogen-bond acceptors (Lipinski definition) is 6. The first-order chi connectivity index (χ1) is 17.0. The van der Waals surface area contributed by atoms with Crippen LogP contribution < -0.4 is 14.4 Å². The van der Waals surface area contributed by atoms with Gasteiger partial charge in [0.15, 0.2) is 11.5 Å². The molecule has 2 N–H and O–H groups in total. The van der Waals surface area contributed by atoms with Crippen molar-refractivity contribution in [3.8, 4) is 11.5 Å². The third-order valence-corrected chi connectivity index (χ3v) is 6.53. The summed E-state index contributed by atoms with van der Waals surface area (Å²) in [6.45, 7) is 4.22. The predicted octanol–water partition coefficient (Wildman–Crippen LogP) is 1.57. The first-order valence-corrected chi connectivity index (χ1v) is 11.6. The van der Waals surface area contributed by atoms with Crippen LogP contribution in [0.5, 0.6) is 11.5 Å². The van der Waals surface area contributed by atoms with Crippen molar-refractivity contribution in [2.24, 2.45) is 0 Å². The Labute approximate surface area is 203 Å². The SMILES string of the molecule is COc1ccc(C(O)=C2C(=O)C(=O)N(CCC[NH+]3CCOCC3)[C@@H]2c2ccccc2F)cc1OC. The Morgan fingerprint density at radius 2 is 1.83 bits per heavy atom. The standard InChI is InChI=1S/C26H29FN2O6/c1-33-20-9-8-17(16-21(20)34-2)24(30)22-23(18-6-3-4-7-19(18)27)29(26(32)25(22)31)11-5-10-28-12-14-35-15-13-28/h3-4,6-9,16,23,30H,5,10-15H2,1-2H3/p+1/t23-/m1/s1. The first kappa shape index (κ1) is 24.7. The van der Waals surface area contributed by atoms with Crippen molar-refractivity contribution in [2.45, 2.75) is 12.5 Å². The molecule has 0 aliphatic carbocycles. The van der Waals surface area contributed by atoms with Gasteiger partial charge in [0.2, 0.25) is 0 Å². The molecule has 4 rings (SSSR count). The second kappa shape index (κ2) is 10.9. The van der Waals surface area contributed by atoms with E-state index in [1.165, 1.54) is 42.2 Å². The van der Waals surface area contributed by atoms with Crippen LogP contribution in [0.2, 0.25) is 0 Å². The molecule has 2 aliphatic heterocycles. The fourth-order valence-corrected chi connectivity index (χ4v) is 4.68. The van der Waals surface area contributed by atoms with Crippen LogP contribution >= 0.6 is 0 Å². The smallest absolute Gasteiger partial charge is 0.295 e. The molecule has 0 saturated carbocycles. The number of carbonyl (C=O) groups is 2. The zero-order valence-electron chi connectivity index (χ0n) is 19.9. The third kappa shape index (κ3) is 5.01. The number of morpholine rings is 1. The average molecular weight is 486 g/mol. The number of amides is 1. The van der Waals surface area contributed by atoms with E-state index in [1.54, 1.807) is 24.3 Å². The molecule has 2 aliphatic rings. The van der Waals surface area contributed by atoms with Gasteiger partial charge in [-0.25, -0.2) is 4.39 Å². The Bertz CT molecular complexity index is 1130. The molecule has 9 heteroatoms. The summed E-state index contributed by atoms with van der Waals surface area (Å²) in [5, 5.41) is 11.2. The highest BCUT2D eigenvalue weighted by atomic mass is 19.1. The van der Waals surface area contributed by atoms with Crippen molar-refractivity contribution >= 4 is 17.4 Å². The molecule has 2 aromatic carbocycles. The lowest BCUT2D eigenvalue weighted by atomic mass is 9.94. The van der Waals surface area contributed by atoms with Crippen molar-refractivity contribution in [2.75, 3.05) is 53.6 Å². The minimum Gasteiger partial charge on any atom is -0.507 e. The highest BCUT2D eigenvalue weighted by Crippen LogP contribution is 2.41. The number of hydrogen-bond donors (Lipinski definition) is 2. The Hall–Kier alpha value is -3.43. The Morgan fingerprint density at radius 1 is 1.11 bits per heavy atom. The molecule has 2 saturated heterocycles. The van der Waals surface area contributed by atoms with Crippen molar-refractivity contribution in [3.05, 3.63) is 65.0 Å². The Kier molecular flexibility index (Phi) is 7.67. The number of quaternary nitrogens is 1. The molecule has 0 radical (unpaired) electrons. The van der Waals surface area contributed by atoms with Gasteiger partial charge in [-0.1, -0.05) is 18.2 Å². The number of ketones is 1. The van der Waals surface area contributed by atoms with Crippen LogP contribution in [-0.2, 0) is 14.3 Å². The van der Waals surface area contributed by atoms with Crippen LogP contribution in [0.4, 0.5) is 4.39 Å². The molecule has 2 fully saturated rings. The second-order valence-electron chi connectivity index (χ2n) is 8.55. The first-order valence-electron chi connectivity index (χ1n) is 11.6. The summed E-state index contributed by atoms with van der Waals surface area (Å²) in [5.74, 6) is -1.75. The van der Waals surface area contributed by atoms with E-state index in [0.29, 0.717) is 31.1 Å². The van der Waals surface area contributed by atoms with Gasteiger partial charge in [-0.3, -0.25) is 9.59 Å². The molecular weight excluding hydrogens is 455 g/mol. The van der Waals surface area contributed by atoms with E-state index in [4.69, 9.17) is 14.2 Å². The summed E-state index contributed by atoms with van der Waals surface area (Å²) >= 11 is 0. The van der Waals surface area contributed by atoms with Crippen LogP contribution in [0.15, 0.2) is 48.0 Å². The van der Waals surface area contributed by atoms with Crippen molar-refractivity contribution in [1.29, 1.82) is 0 Å². The Balaban J connectivity index is 1.71. The minimum absolute atomic E-state index is 0.147. The van der Waals surface area contributed by atoms with Gasteiger partial charge in [-0.2, -0.15) is 0 Å². The summed E-state index contributed by atoms with van der Waals surface area (Å²) in [4.78, 5) is 29.0.